The molecule has 0 spiro atoms. The normalized spacial score (nSPS) is 14.9. The summed E-state index contributed by atoms with van der Waals surface area (Å²) < 4.78 is 11.1. The van der Waals surface area contributed by atoms with Crippen LogP contribution in [0.1, 0.15) is 37.3 Å². The second-order valence-corrected chi connectivity index (χ2v) is 5.47. The Morgan fingerprint density at radius 2 is 2.20 bits per heavy atom. The lowest BCUT2D eigenvalue weighted by Crippen LogP contribution is -2.27. The summed E-state index contributed by atoms with van der Waals surface area (Å²) in [6.45, 7) is 4.72. The Balaban J connectivity index is 1.75. The van der Waals surface area contributed by atoms with E-state index in [-0.39, 0.29) is 0 Å². The molecule has 1 N–H and O–H groups in total. The van der Waals surface area contributed by atoms with Crippen molar-refractivity contribution in [1.82, 2.24) is 5.32 Å². The van der Waals surface area contributed by atoms with Crippen LogP contribution in [0.25, 0.3) is 0 Å². The van der Waals surface area contributed by atoms with Gasteiger partial charge in [-0.3, -0.25) is 0 Å². The van der Waals surface area contributed by atoms with E-state index in [4.69, 9.17) is 9.47 Å². The van der Waals surface area contributed by atoms with E-state index in [1.165, 1.54) is 11.1 Å². The van der Waals surface area contributed by atoms with E-state index in [9.17, 15) is 0 Å². The highest BCUT2D eigenvalue weighted by Gasteiger charge is 2.13. The fraction of sp³-hybridized carbons (Fsp3) is 0.647. The molecule has 0 amide bonds. The van der Waals surface area contributed by atoms with Gasteiger partial charge in [-0.15, -0.1) is 0 Å². The van der Waals surface area contributed by atoms with Gasteiger partial charge in [0.2, 0.25) is 0 Å². The maximum atomic E-state index is 5.57. The first-order valence-corrected chi connectivity index (χ1v) is 7.83. The summed E-state index contributed by atoms with van der Waals surface area (Å²) in [5.41, 5.74) is 2.79. The van der Waals surface area contributed by atoms with Gasteiger partial charge in [-0.1, -0.05) is 19.1 Å². The Bertz CT molecular complexity index is 406. The second-order valence-electron chi connectivity index (χ2n) is 5.47. The van der Waals surface area contributed by atoms with E-state index in [1.54, 1.807) is 0 Å². The zero-order chi connectivity index (χ0) is 14.2. The van der Waals surface area contributed by atoms with Gasteiger partial charge in [0.05, 0.1) is 6.61 Å². The van der Waals surface area contributed by atoms with Crippen molar-refractivity contribution in [2.75, 3.05) is 26.9 Å². The second kappa shape index (κ2) is 8.28. The number of rotatable bonds is 9. The fourth-order valence-electron chi connectivity index (χ4n) is 2.64. The lowest BCUT2D eigenvalue weighted by molar-refractivity contribution is 0.124. The monoisotopic (exact) mass is 277 g/mol. The van der Waals surface area contributed by atoms with Gasteiger partial charge in [0, 0.05) is 25.7 Å². The molecule has 0 fully saturated rings. The van der Waals surface area contributed by atoms with Crippen LogP contribution in [-0.4, -0.2) is 32.9 Å². The first kappa shape index (κ1) is 15.3. The maximum absolute atomic E-state index is 5.57. The number of benzene rings is 1. The molecule has 20 heavy (non-hydrogen) atoms. The lowest BCUT2D eigenvalue weighted by Gasteiger charge is -2.16. The van der Waals surface area contributed by atoms with Gasteiger partial charge in [0.1, 0.15) is 5.75 Å². The summed E-state index contributed by atoms with van der Waals surface area (Å²) >= 11 is 0. The maximum Gasteiger partial charge on any atom is 0.122 e. The number of hydrogen-bond donors (Lipinski definition) is 1. The Kier molecular flexibility index (Phi) is 6.34. The zero-order valence-corrected chi connectivity index (χ0v) is 12.8. The number of nitrogens with one attached hydrogen (secondary N) is 1. The third-order valence-corrected chi connectivity index (χ3v) is 3.90. The van der Waals surface area contributed by atoms with E-state index in [1.807, 2.05) is 7.05 Å². The molecule has 3 heteroatoms. The molecule has 0 radical (unpaired) electrons. The molecular weight excluding hydrogens is 250 g/mol. The third-order valence-electron chi connectivity index (χ3n) is 3.90. The highest BCUT2D eigenvalue weighted by Crippen LogP contribution is 2.26. The quantitative estimate of drug-likeness (QED) is 0.704. The SMILES string of the molecule is CCCOCCC(CCc1ccc2c(c1)CCO2)NC. The molecule has 1 aromatic carbocycles. The highest BCUT2D eigenvalue weighted by molar-refractivity contribution is 5.39. The van der Waals surface area contributed by atoms with Gasteiger partial charge in [-0.2, -0.15) is 0 Å². The van der Waals surface area contributed by atoms with E-state index in [0.717, 1.165) is 57.7 Å². The predicted molar refractivity (Wildman–Crippen MR) is 82.5 cm³/mol. The average molecular weight is 277 g/mol. The van der Waals surface area contributed by atoms with Crippen LogP contribution in [0.4, 0.5) is 0 Å². The molecule has 1 unspecified atom stereocenters. The fourth-order valence-corrected chi connectivity index (χ4v) is 2.64. The molecule has 0 saturated carbocycles. The summed E-state index contributed by atoms with van der Waals surface area (Å²) in [5, 5.41) is 3.40. The van der Waals surface area contributed by atoms with Crippen molar-refractivity contribution in [3.63, 3.8) is 0 Å². The van der Waals surface area contributed by atoms with Gasteiger partial charge in [0.25, 0.3) is 0 Å². The summed E-state index contributed by atoms with van der Waals surface area (Å²) in [5.74, 6) is 1.08. The first-order chi connectivity index (χ1) is 9.83. The standard InChI is InChI=1S/C17H27NO2/c1-3-10-19-11-9-16(18-2)6-4-14-5-7-17-15(13-14)8-12-20-17/h5,7,13,16,18H,3-4,6,8-12H2,1-2H3. The molecule has 0 aliphatic carbocycles. The molecule has 1 atom stereocenters. The molecular formula is C17H27NO2. The van der Waals surface area contributed by atoms with Crippen molar-refractivity contribution in [2.45, 2.75) is 45.1 Å². The minimum atomic E-state index is 0.538. The van der Waals surface area contributed by atoms with E-state index >= 15 is 0 Å². The molecule has 0 saturated heterocycles. The number of aryl methyl sites for hydroxylation is 1. The van der Waals surface area contributed by atoms with E-state index < -0.39 is 0 Å². The largest absolute Gasteiger partial charge is 0.493 e. The van der Waals surface area contributed by atoms with Crippen LogP contribution in [0, 0.1) is 0 Å². The number of ether oxygens (including phenoxy) is 2. The molecule has 112 valence electrons. The average Bonchev–Trinajstić information content (AvgIpc) is 2.94. The molecule has 3 nitrogen and oxygen atoms in total. The van der Waals surface area contributed by atoms with Crippen molar-refractivity contribution < 1.29 is 9.47 Å². The number of fused-ring (bicyclic) bond motifs is 1. The molecule has 1 aliphatic rings. The highest BCUT2D eigenvalue weighted by atomic mass is 16.5. The molecule has 0 aromatic heterocycles. The Morgan fingerprint density at radius 1 is 1.30 bits per heavy atom. The Labute approximate surface area is 122 Å². The first-order valence-electron chi connectivity index (χ1n) is 7.83. The molecule has 0 bridgehead atoms. The van der Waals surface area contributed by atoms with Crippen LogP contribution in [0.5, 0.6) is 5.75 Å². The van der Waals surface area contributed by atoms with Gasteiger partial charge < -0.3 is 14.8 Å². The van der Waals surface area contributed by atoms with E-state index in [2.05, 4.69) is 30.4 Å². The summed E-state index contributed by atoms with van der Waals surface area (Å²) in [7, 11) is 2.04. The Hall–Kier alpha value is -1.06. The van der Waals surface area contributed by atoms with Gasteiger partial charge in [-0.25, -0.2) is 0 Å². The van der Waals surface area contributed by atoms with Crippen LogP contribution in [0.2, 0.25) is 0 Å². The minimum absolute atomic E-state index is 0.538. The lowest BCUT2D eigenvalue weighted by atomic mass is 10.0. The van der Waals surface area contributed by atoms with E-state index in [0.29, 0.717) is 6.04 Å². The van der Waals surface area contributed by atoms with Crippen LogP contribution < -0.4 is 10.1 Å². The molecule has 1 aliphatic heterocycles. The van der Waals surface area contributed by atoms with Gasteiger partial charge in [-0.05, 0) is 49.9 Å². The van der Waals surface area contributed by atoms with Gasteiger partial charge in [0.15, 0.2) is 0 Å². The Morgan fingerprint density at radius 3 is 3.00 bits per heavy atom. The zero-order valence-electron chi connectivity index (χ0n) is 12.8. The van der Waals surface area contributed by atoms with Crippen molar-refractivity contribution in [3.8, 4) is 5.75 Å². The third kappa shape index (κ3) is 4.50. The molecule has 1 heterocycles. The summed E-state index contributed by atoms with van der Waals surface area (Å²) in [6, 6.07) is 7.17. The van der Waals surface area contributed by atoms with Crippen LogP contribution in [0.15, 0.2) is 18.2 Å². The number of hydrogen-bond acceptors (Lipinski definition) is 3. The summed E-state index contributed by atoms with van der Waals surface area (Å²) in [4.78, 5) is 0. The van der Waals surface area contributed by atoms with Crippen molar-refractivity contribution in [2.24, 2.45) is 0 Å². The summed E-state index contributed by atoms with van der Waals surface area (Å²) in [6.07, 6.45) is 5.52. The smallest absolute Gasteiger partial charge is 0.122 e. The predicted octanol–water partition coefficient (Wildman–Crippen LogP) is 2.96. The van der Waals surface area contributed by atoms with Crippen molar-refractivity contribution in [1.29, 1.82) is 0 Å². The van der Waals surface area contributed by atoms with Gasteiger partial charge >= 0.3 is 0 Å². The van der Waals surface area contributed by atoms with Crippen LogP contribution in [-0.2, 0) is 17.6 Å². The minimum Gasteiger partial charge on any atom is -0.493 e. The van der Waals surface area contributed by atoms with Crippen molar-refractivity contribution in [3.05, 3.63) is 29.3 Å². The molecule has 2 rings (SSSR count). The van der Waals surface area contributed by atoms with Crippen LogP contribution >= 0.6 is 0 Å². The van der Waals surface area contributed by atoms with Crippen LogP contribution in [0.3, 0.4) is 0 Å². The van der Waals surface area contributed by atoms with Crippen molar-refractivity contribution >= 4 is 0 Å². The topological polar surface area (TPSA) is 30.5 Å². The molecule has 1 aromatic rings.